The van der Waals surface area contributed by atoms with Crippen molar-refractivity contribution >= 4 is 16.0 Å². The molecule has 0 unspecified atom stereocenters. The summed E-state index contributed by atoms with van der Waals surface area (Å²) >= 11 is 0. The van der Waals surface area contributed by atoms with Crippen LogP contribution in [0.25, 0.3) is 0 Å². The molecule has 0 saturated carbocycles. The van der Waals surface area contributed by atoms with Crippen molar-refractivity contribution in [2.45, 2.75) is 25.6 Å². The largest absolute Gasteiger partial charge is 0.480 e. The molecule has 1 rings (SSSR count). The van der Waals surface area contributed by atoms with Crippen LogP contribution in [0.5, 0.6) is 0 Å². The maximum absolute atomic E-state index is 13.2. The Balaban J connectivity index is 2.82. The zero-order chi connectivity index (χ0) is 13.9. The van der Waals surface area contributed by atoms with Crippen molar-refractivity contribution in [3.63, 3.8) is 0 Å². The minimum atomic E-state index is -3.81. The molecule has 0 amide bonds. The van der Waals surface area contributed by atoms with E-state index in [1.807, 2.05) is 4.72 Å². The number of hydrogen-bond donors (Lipinski definition) is 2. The number of hydrogen-bond acceptors (Lipinski definition) is 3. The number of carbonyl (C=O) groups is 1. The summed E-state index contributed by atoms with van der Waals surface area (Å²) in [7, 11) is -3.81. The van der Waals surface area contributed by atoms with Gasteiger partial charge in [0.2, 0.25) is 10.0 Å². The lowest BCUT2D eigenvalue weighted by atomic mass is 10.2. The molecule has 0 bridgehead atoms. The minimum Gasteiger partial charge on any atom is -0.480 e. The monoisotopic (exact) mass is 275 g/mol. The summed E-state index contributed by atoms with van der Waals surface area (Å²) in [5.41, 5.74) is 0.686. The van der Waals surface area contributed by atoms with E-state index in [1.165, 1.54) is 19.1 Å². The SMILES string of the molecule is Cc1ccc(CS(=O)(=O)N[C@H](C)C(=O)O)cc1F. The lowest BCUT2D eigenvalue weighted by molar-refractivity contribution is -0.138. The van der Waals surface area contributed by atoms with Crippen molar-refractivity contribution in [3.8, 4) is 0 Å². The highest BCUT2D eigenvalue weighted by Gasteiger charge is 2.20. The second-order valence-electron chi connectivity index (χ2n) is 4.02. The highest BCUT2D eigenvalue weighted by atomic mass is 32.2. The van der Waals surface area contributed by atoms with Crippen LogP contribution in [-0.4, -0.2) is 25.5 Å². The first-order chi connectivity index (χ1) is 8.21. The summed E-state index contributed by atoms with van der Waals surface area (Å²) in [6.45, 7) is 2.79. The van der Waals surface area contributed by atoms with E-state index < -0.39 is 33.6 Å². The van der Waals surface area contributed by atoms with Gasteiger partial charge in [0.05, 0.1) is 5.75 Å². The lowest BCUT2D eigenvalue weighted by Crippen LogP contribution is -2.38. The normalized spacial score (nSPS) is 13.3. The molecule has 0 heterocycles. The third kappa shape index (κ3) is 4.08. The standard InChI is InChI=1S/C11H14FNO4S/c1-7-3-4-9(5-10(7)12)6-18(16,17)13-8(2)11(14)15/h3-5,8,13H,6H2,1-2H3,(H,14,15)/t8-/m1/s1. The molecule has 0 fully saturated rings. The molecule has 2 N–H and O–H groups in total. The zero-order valence-electron chi connectivity index (χ0n) is 9.97. The summed E-state index contributed by atoms with van der Waals surface area (Å²) in [6.07, 6.45) is 0. The van der Waals surface area contributed by atoms with Gasteiger partial charge in [0.1, 0.15) is 11.9 Å². The number of carboxylic acid groups (broad SMARTS) is 1. The first-order valence-electron chi connectivity index (χ1n) is 5.19. The Morgan fingerprint density at radius 3 is 2.61 bits per heavy atom. The van der Waals surface area contributed by atoms with Crippen LogP contribution in [0.2, 0.25) is 0 Å². The molecule has 1 aromatic carbocycles. The van der Waals surface area contributed by atoms with Gasteiger partial charge in [-0.25, -0.2) is 17.5 Å². The topological polar surface area (TPSA) is 83.5 Å². The Hall–Kier alpha value is -1.47. The quantitative estimate of drug-likeness (QED) is 0.840. The molecule has 7 heteroatoms. The van der Waals surface area contributed by atoms with Crippen molar-refractivity contribution in [1.82, 2.24) is 4.72 Å². The van der Waals surface area contributed by atoms with Crippen LogP contribution in [-0.2, 0) is 20.6 Å². The van der Waals surface area contributed by atoms with Crippen LogP contribution in [0, 0.1) is 12.7 Å². The van der Waals surface area contributed by atoms with Gasteiger partial charge in [-0.15, -0.1) is 0 Å². The molecule has 0 aliphatic rings. The van der Waals surface area contributed by atoms with Crippen molar-refractivity contribution in [2.75, 3.05) is 0 Å². The van der Waals surface area contributed by atoms with E-state index in [0.717, 1.165) is 6.07 Å². The molecule has 1 atom stereocenters. The maximum Gasteiger partial charge on any atom is 0.321 e. The zero-order valence-corrected chi connectivity index (χ0v) is 10.8. The van der Waals surface area contributed by atoms with Gasteiger partial charge in [-0.2, -0.15) is 0 Å². The van der Waals surface area contributed by atoms with Crippen molar-refractivity contribution in [3.05, 3.63) is 35.1 Å². The third-order valence-corrected chi connectivity index (χ3v) is 3.75. The summed E-state index contributed by atoms with van der Waals surface area (Å²) < 4.78 is 38.5. The number of aliphatic carboxylic acids is 1. The van der Waals surface area contributed by atoms with E-state index >= 15 is 0 Å². The van der Waals surface area contributed by atoms with Crippen molar-refractivity contribution in [1.29, 1.82) is 0 Å². The molecule has 0 aliphatic carbocycles. The number of sulfonamides is 1. The molecular formula is C11H14FNO4S. The predicted octanol–water partition coefficient (Wildman–Crippen LogP) is 1.03. The van der Waals surface area contributed by atoms with E-state index in [9.17, 15) is 17.6 Å². The van der Waals surface area contributed by atoms with E-state index in [2.05, 4.69) is 0 Å². The third-order valence-electron chi connectivity index (χ3n) is 2.32. The molecule has 0 spiro atoms. The van der Waals surface area contributed by atoms with E-state index in [-0.39, 0.29) is 5.56 Å². The Labute approximate surface area is 105 Å². The average molecular weight is 275 g/mol. The van der Waals surface area contributed by atoms with Crippen molar-refractivity contribution in [2.24, 2.45) is 0 Å². The minimum absolute atomic E-state index is 0.267. The first kappa shape index (κ1) is 14.6. The lowest BCUT2D eigenvalue weighted by Gasteiger charge is -2.10. The predicted molar refractivity (Wildman–Crippen MR) is 64.0 cm³/mol. The molecule has 0 saturated heterocycles. The Morgan fingerprint density at radius 2 is 2.11 bits per heavy atom. The van der Waals surface area contributed by atoms with Gasteiger partial charge in [0, 0.05) is 0 Å². The fourth-order valence-corrected chi connectivity index (χ4v) is 2.65. The molecule has 0 aliphatic heterocycles. The molecule has 18 heavy (non-hydrogen) atoms. The Morgan fingerprint density at radius 1 is 1.50 bits per heavy atom. The number of benzene rings is 1. The summed E-state index contributed by atoms with van der Waals surface area (Å²) in [5.74, 6) is -2.22. The van der Waals surface area contributed by atoms with Gasteiger partial charge < -0.3 is 5.11 Å². The molecular weight excluding hydrogens is 261 g/mol. The summed E-state index contributed by atoms with van der Waals surface area (Å²) in [6, 6.07) is 2.87. The van der Waals surface area contributed by atoms with Crippen molar-refractivity contribution < 1.29 is 22.7 Å². The van der Waals surface area contributed by atoms with E-state index in [4.69, 9.17) is 5.11 Å². The second kappa shape index (κ2) is 5.45. The highest BCUT2D eigenvalue weighted by molar-refractivity contribution is 7.88. The first-order valence-corrected chi connectivity index (χ1v) is 6.84. The number of carboxylic acids is 1. The number of halogens is 1. The van der Waals surface area contributed by atoms with Gasteiger partial charge in [0.25, 0.3) is 0 Å². The van der Waals surface area contributed by atoms with Gasteiger partial charge in [-0.3, -0.25) is 4.79 Å². The van der Waals surface area contributed by atoms with Crippen LogP contribution >= 0.6 is 0 Å². The Kier molecular flexibility index (Phi) is 4.42. The summed E-state index contributed by atoms with van der Waals surface area (Å²) in [4.78, 5) is 10.5. The van der Waals surface area contributed by atoms with Gasteiger partial charge in [-0.05, 0) is 31.0 Å². The number of rotatable bonds is 5. The molecule has 5 nitrogen and oxygen atoms in total. The maximum atomic E-state index is 13.2. The van der Waals surface area contributed by atoms with Crippen LogP contribution < -0.4 is 4.72 Å². The fraction of sp³-hybridized carbons (Fsp3) is 0.364. The van der Waals surface area contributed by atoms with Crippen LogP contribution in [0.15, 0.2) is 18.2 Å². The smallest absolute Gasteiger partial charge is 0.321 e. The summed E-state index contributed by atoms with van der Waals surface area (Å²) in [5, 5.41) is 8.60. The highest BCUT2D eigenvalue weighted by Crippen LogP contribution is 2.11. The second-order valence-corrected chi connectivity index (χ2v) is 5.77. The van der Waals surface area contributed by atoms with Crippen LogP contribution in [0.3, 0.4) is 0 Å². The molecule has 0 radical (unpaired) electrons. The van der Waals surface area contributed by atoms with Gasteiger partial charge in [0.15, 0.2) is 0 Å². The van der Waals surface area contributed by atoms with Crippen LogP contribution in [0.4, 0.5) is 4.39 Å². The number of nitrogens with one attached hydrogen (secondary N) is 1. The van der Waals surface area contributed by atoms with E-state index in [0.29, 0.717) is 5.56 Å². The Bertz CT molecular complexity index is 556. The molecule has 0 aromatic heterocycles. The van der Waals surface area contributed by atoms with Gasteiger partial charge >= 0.3 is 5.97 Å². The van der Waals surface area contributed by atoms with Crippen LogP contribution in [0.1, 0.15) is 18.1 Å². The average Bonchev–Trinajstić information content (AvgIpc) is 2.22. The van der Waals surface area contributed by atoms with Gasteiger partial charge in [-0.1, -0.05) is 12.1 Å². The molecule has 100 valence electrons. The number of aryl methyl sites for hydroxylation is 1. The molecule has 1 aromatic rings. The fourth-order valence-electron chi connectivity index (χ4n) is 1.31. The van der Waals surface area contributed by atoms with E-state index in [1.54, 1.807) is 6.92 Å².